The van der Waals surface area contributed by atoms with Crippen LogP contribution in [0.2, 0.25) is 0 Å². The van der Waals surface area contributed by atoms with Crippen LogP contribution in [0.15, 0.2) is 42.6 Å². The lowest BCUT2D eigenvalue weighted by Gasteiger charge is -2.36. The highest BCUT2D eigenvalue weighted by atomic mass is 19.4. The molecule has 3 heterocycles. The summed E-state index contributed by atoms with van der Waals surface area (Å²) in [6, 6.07) is 10.4. The number of benzene rings is 1. The van der Waals surface area contributed by atoms with Gasteiger partial charge in [0.15, 0.2) is 5.82 Å². The molecule has 1 saturated carbocycles. The number of nitrogens with zero attached hydrogens (tertiary/aromatic N) is 6. The van der Waals surface area contributed by atoms with Crippen molar-refractivity contribution in [3.63, 3.8) is 0 Å². The summed E-state index contributed by atoms with van der Waals surface area (Å²) in [7, 11) is 0. The summed E-state index contributed by atoms with van der Waals surface area (Å²) in [4.78, 5) is 22.0. The van der Waals surface area contributed by atoms with Gasteiger partial charge < -0.3 is 15.1 Å². The van der Waals surface area contributed by atoms with Crippen LogP contribution in [0.4, 0.5) is 30.9 Å². The van der Waals surface area contributed by atoms with E-state index < -0.39 is 11.7 Å². The standard InChI is InChI=1S/C27H32F3N7/c1-19-7-5-10-21(17-19)23-33-25(32-18-20-8-3-2-4-9-20)35-26(34-23)37-15-13-36(14-16-37)24-22(27(28,29)30)11-6-12-31-24/h5-7,10-12,17,20H,2-4,8-9,13-16,18H2,1H3,(H,32,33,34,35). The minimum absolute atomic E-state index is 0.0272. The zero-order valence-corrected chi connectivity index (χ0v) is 21.0. The van der Waals surface area contributed by atoms with Crippen molar-refractivity contribution in [3.05, 3.63) is 53.7 Å². The van der Waals surface area contributed by atoms with Crippen LogP contribution in [-0.4, -0.2) is 52.7 Å². The lowest BCUT2D eigenvalue weighted by Crippen LogP contribution is -2.48. The van der Waals surface area contributed by atoms with Gasteiger partial charge in [-0.15, -0.1) is 0 Å². The van der Waals surface area contributed by atoms with E-state index in [2.05, 4.69) is 10.3 Å². The maximum absolute atomic E-state index is 13.5. The van der Waals surface area contributed by atoms with Gasteiger partial charge in [-0.1, -0.05) is 43.0 Å². The molecule has 5 rings (SSSR count). The van der Waals surface area contributed by atoms with Crippen molar-refractivity contribution < 1.29 is 13.2 Å². The zero-order valence-electron chi connectivity index (χ0n) is 21.0. The van der Waals surface area contributed by atoms with Crippen molar-refractivity contribution in [2.75, 3.05) is 47.8 Å². The molecule has 1 saturated heterocycles. The van der Waals surface area contributed by atoms with Gasteiger partial charge in [-0.2, -0.15) is 28.1 Å². The number of hydrogen-bond acceptors (Lipinski definition) is 7. The Labute approximate surface area is 215 Å². The number of anilines is 3. The molecular formula is C27H32F3N7. The zero-order chi connectivity index (χ0) is 25.8. The summed E-state index contributed by atoms with van der Waals surface area (Å²) in [6.07, 6.45) is 3.22. The SMILES string of the molecule is Cc1cccc(-c2nc(NCC3CCCCC3)nc(N3CCN(c4ncccc4C(F)(F)F)CC3)n2)c1. The van der Waals surface area contributed by atoms with Gasteiger partial charge in [0.2, 0.25) is 11.9 Å². The number of nitrogens with one attached hydrogen (secondary N) is 1. The molecule has 196 valence electrons. The molecule has 7 nitrogen and oxygen atoms in total. The Morgan fingerprint density at radius 1 is 0.919 bits per heavy atom. The summed E-state index contributed by atoms with van der Waals surface area (Å²) in [6.45, 7) is 4.58. The lowest BCUT2D eigenvalue weighted by molar-refractivity contribution is -0.137. The summed E-state index contributed by atoms with van der Waals surface area (Å²) < 4.78 is 40.6. The summed E-state index contributed by atoms with van der Waals surface area (Å²) in [5.41, 5.74) is 1.31. The number of rotatable bonds is 6. The third-order valence-electron chi connectivity index (χ3n) is 7.13. The van der Waals surface area contributed by atoms with E-state index in [1.54, 1.807) is 4.90 Å². The van der Waals surface area contributed by atoms with Gasteiger partial charge in [-0.3, -0.25) is 0 Å². The molecule has 1 N–H and O–H groups in total. The van der Waals surface area contributed by atoms with Gasteiger partial charge in [0.25, 0.3) is 0 Å². The van der Waals surface area contributed by atoms with Gasteiger partial charge in [-0.05, 0) is 43.9 Å². The molecule has 1 aromatic carbocycles. The van der Waals surface area contributed by atoms with Crippen LogP contribution in [0.25, 0.3) is 11.4 Å². The minimum atomic E-state index is -4.45. The molecule has 1 aliphatic heterocycles. The minimum Gasteiger partial charge on any atom is -0.354 e. The number of hydrogen-bond donors (Lipinski definition) is 1. The Hall–Kier alpha value is -3.43. The Bertz CT molecular complexity index is 1200. The molecule has 2 aliphatic rings. The van der Waals surface area contributed by atoms with Gasteiger partial charge >= 0.3 is 6.18 Å². The molecule has 1 aliphatic carbocycles. The Morgan fingerprint density at radius 3 is 2.41 bits per heavy atom. The first-order chi connectivity index (χ1) is 17.9. The van der Waals surface area contributed by atoms with Crippen LogP contribution in [0.1, 0.15) is 43.2 Å². The topological polar surface area (TPSA) is 70.1 Å². The maximum atomic E-state index is 13.5. The third kappa shape index (κ3) is 6.11. The van der Waals surface area contributed by atoms with Crippen LogP contribution < -0.4 is 15.1 Å². The van der Waals surface area contributed by atoms with E-state index in [-0.39, 0.29) is 5.82 Å². The molecule has 37 heavy (non-hydrogen) atoms. The van der Waals surface area contributed by atoms with Crippen LogP contribution >= 0.6 is 0 Å². The van der Waals surface area contributed by atoms with E-state index in [1.165, 1.54) is 44.4 Å². The quantitative estimate of drug-likeness (QED) is 0.463. The van der Waals surface area contributed by atoms with Gasteiger partial charge in [0.05, 0.1) is 5.56 Å². The molecule has 3 aromatic rings. The number of alkyl halides is 3. The van der Waals surface area contributed by atoms with Crippen molar-refractivity contribution in [3.8, 4) is 11.4 Å². The number of piperazine rings is 1. The highest BCUT2D eigenvalue weighted by molar-refractivity contribution is 5.59. The Kier molecular flexibility index (Phi) is 7.43. The predicted octanol–water partition coefficient (Wildman–Crippen LogP) is 5.58. The van der Waals surface area contributed by atoms with E-state index in [1.807, 2.05) is 36.1 Å². The molecule has 0 unspecified atom stereocenters. The van der Waals surface area contributed by atoms with Crippen molar-refractivity contribution >= 4 is 17.7 Å². The van der Waals surface area contributed by atoms with E-state index in [0.29, 0.717) is 49.8 Å². The average molecular weight is 512 g/mol. The van der Waals surface area contributed by atoms with Crippen LogP contribution in [0.3, 0.4) is 0 Å². The number of pyridine rings is 1. The number of aryl methyl sites for hydroxylation is 1. The second kappa shape index (κ2) is 10.9. The van der Waals surface area contributed by atoms with E-state index in [4.69, 9.17) is 15.0 Å². The normalized spacial score (nSPS) is 17.2. The lowest BCUT2D eigenvalue weighted by atomic mass is 9.89. The molecule has 0 spiro atoms. The molecule has 0 bridgehead atoms. The second-order valence-electron chi connectivity index (χ2n) is 9.88. The first-order valence-electron chi connectivity index (χ1n) is 13.0. The van der Waals surface area contributed by atoms with Crippen molar-refractivity contribution in [2.24, 2.45) is 5.92 Å². The van der Waals surface area contributed by atoms with Gasteiger partial charge in [0, 0.05) is 44.5 Å². The Balaban J connectivity index is 1.36. The molecule has 0 atom stereocenters. The summed E-state index contributed by atoms with van der Waals surface area (Å²) in [5.74, 6) is 2.25. The van der Waals surface area contributed by atoms with Crippen molar-refractivity contribution in [1.82, 2.24) is 19.9 Å². The second-order valence-corrected chi connectivity index (χ2v) is 9.88. The van der Waals surface area contributed by atoms with Crippen LogP contribution in [0.5, 0.6) is 0 Å². The highest BCUT2D eigenvalue weighted by Gasteiger charge is 2.36. The van der Waals surface area contributed by atoms with Gasteiger partial charge in [0.1, 0.15) is 5.82 Å². The number of halogens is 3. The molecule has 2 fully saturated rings. The molecule has 2 aromatic heterocycles. The monoisotopic (exact) mass is 511 g/mol. The van der Waals surface area contributed by atoms with Crippen molar-refractivity contribution in [2.45, 2.75) is 45.2 Å². The Morgan fingerprint density at radius 2 is 1.68 bits per heavy atom. The van der Waals surface area contributed by atoms with Crippen LogP contribution in [0, 0.1) is 12.8 Å². The molecule has 0 radical (unpaired) electrons. The third-order valence-corrected chi connectivity index (χ3v) is 7.13. The van der Waals surface area contributed by atoms with Crippen molar-refractivity contribution in [1.29, 1.82) is 0 Å². The van der Waals surface area contributed by atoms with E-state index in [9.17, 15) is 13.2 Å². The maximum Gasteiger partial charge on any atom is 0.419 e. The van der Waals surface area contributed by atoms with Crippen LogP contribution in [-0.2, 0) is 6.18 Å². The fraction of sp³-hybridized carbons (Fsp3) is 0.481. The highest BCUT2D eigenvalue weighted by Crippen LogP contribution is 2.35. The summed E-state index contributed by atoms with van der Waals surface area (Å²) >= 11 is 0. The summed E-state index contributed by atoms with van der Waals surface area (Å²) in [5, 5.41) is 3.44. The average Bonchev–Trinajstić information content (AvgIpc) is 2.92. The largest absolute Gasteiger partial charge is 0.419 e. The van der Waals surface area contributed by atoms with E-state index in [0.717, 1.165) is 23.7 Å². The fourth-order valence-corrected chi connectivity index (χ4v) is 5.11. The van der Waals surface area contributed by atoms with E-state index >= 15 is 0 Å². The fourth-order valence-electron chi connectivity index (χ4n) is 5.11. The number of aromatic nitrogens is 4. The first-order valence-corrected chi connectivity index (χ1v) is 13.0. The molecule has 10 heteroatoms. The molecule has 0 amide bonds. The smallest absolute Gasteiger partial charge is 0.354 e. The molecular weight excluding hydrogens is 479 g/mol. The first kappa shape index (κ1) is 25.2. The van der Waals surface area contributed by atoms with Gasteiger partial charge in [-0.25, -0.2) is 4.98 Å². The predicted molar refractivity (Wildman–Crippen MR) is 139 cm³/mol.